The maximum Gasteiger partial charge on any atom is 0.296 e. The van der Waals surface area contributed by atoms with Crippen molar-refractivity contribution < 1.29 is 8.42 Å². The van der Waals surface area contributed by atoms with Gasteiger partial charge in [0.1, 0.15) is 0 Å². The van der Waals surface area contributed by atoms with Crippen molar-refractivity contribution in [2.45, 2.75) is 24.0 Å². The van der Waals surface area contributed by atoms with E-state index in [0.717, 1.165) is 12.8 Å². The summed E-state index contributed by atoms with van der Waals surface area (Å²) in [6.07, 6.45) is 3.15. The summed E-state index contributed by atoms with van der Waals surface area (Å²) in [4.78, 5) is 13.8. The van der Waals surface area contributed by atoms with E-state index in [2.05, 4.69) is 15.2 Å². The van der Waals surface area contributed by atoms with Gasteiger partial charge in [0, 0.05) is 34.6 Å². The van der Waals surface area contributed by atoms with Crippen LogP contribution in [0.1, 0.15) is 18.9 Å². The quantitative estimate of drug-likeness (QED) is 0.849. The number of rotatable bonds is 3. The summed E-state index contributed by atoms with van der Waals surface area (Å²) < 4.78 is 24.4. The van der Waals surface area contributed by atoms with Gasteiger partial charge in [0.15, 0.2) is 5.82 Å². The molecule has 0 aromatic carbocycles. The summed E-state index contributed by atoms with van der Waals surface area (Å²) in [7, 11) is 1.39. The first-order chi connectivity index (χ1) is 8.97. The van der Waals surface area contributed by atoms with Gasteiger partial charge < -0.3 is 4.98 Å². The second-order valence-corrected chi connectivity index (χ2v) is 6.75. The fourth-order valence-electron chi connectivity index (χ4n) is 1.89. The average molecular weight is 301 g/mol. The van der Waals surface area contributed by atoms with Crippen molar-refractivity contribution in [3.8, 4) is 11.4 Å². The molecule has 9 heteroatoms. The molecule has 2 aromatic rings. The monoisotopic (exact) mass is 300 g/mol. The van der Waals surface area contributed by atoms with Crippen molar-refractivity contribution in [2.24, 2.45) is 0 Å². The maximum atomic E-state index is 11.5. The van der Waals surface area contributed by atoms with Gasteiger partial charge in [-0.3, -0.25) is 9.36 Å². The largest absolute Gasteiger partial charge is 0.329 e. The Bertz CT molecular complexity index is 791. The number of pyridine rings is 1. The first-order valence-electron chi connectivity index (χ1n) is 5.55. The van der Waals surface area contributed by atoms with Crippen molar-refractivity contribution >= 4 is 19.7 Å². The lowest BCUT2D eigenvalue weighted by Crippen LogP contribution is -2.08. The Morgan fingerprint density at radius 3 is 2.68 bits per heavy atom. The Balaban J connectivity index is 2.23. The summed E-state index contributed by atoms with van der Waals surface area (Å²) in [6.45, 7) is 0. The molecule has 0 amide bonds. The first-order valence-corrected chi connectivity index (χ1v) is 7.86. The van der Waals surface area contributed by atoms with E-state index < -0.39 is 9.05 Å². The number of nitrogens with one attached hydrogen (secondary N) is 1. The van der Waals surface area contributed by atoms with Crippen LogP contribution < -0.4 is 5.56 Å². The molecule has 1 saturated carbocycles. The van der Waals surface area contributed by atoms with Gasteiger partial charge in [0.05, 0.1) is 0 Å². The molecule has 2 heterocycles. The van der Waals surface area contributed by atoms with Gasteiger partial charge in [0.2, 0.25) is 5.56 Å². The second-order valence-electron chi connectivity index (χ2n) is 4.29. The molecule has 1 aliphatic carbocycles. The van der Waals surface area contributed by atoms with E-state index in [-0.39, 0.29) is 16.8 Å². The van der Waals surface area contributed by atoms with E-state index in [4.69, 9.17) is 10.7 Å². The minimum Gasteiger partial charge on any atom is -0.329 e. The van der Waals surface area contributed by atoms with E-state index in [9.17, 15) is 13.2 Å². The average Bonchev–Trinajstić information content (AvgIpc) is 3.06. The summed E-state index contributed by atoms with van der Waals surface area (Å²) in [6, 6.07) is 3.00. The lowest BCUT2D eigenvalue weighted by Gasteiger charge is -2.06. The molecule has 100 valence electrons. The third-order valence-corrected chi connectivity index (χ3v) is 3.96. The zero-order valence-electron chi connectivity index (χ0n) is 9.58. The van der Waals surface area contributed by atoms with Crippen LogP contribution in [0.2, 0.25) is 0 Å². The number of aromatic nitrogens is 4. The smallest absolute Gasteiger partial charge is 0.296 e. The molecule has 0 aliphatic heterocycles. The molecule has 0 spiro atoms. The van der Waals surface area contributed by atoms with Crippen molar-refractivity contribution in [1.29, 1.82) is 0 Å². The Labute approximate surface area is 112 Å². The number of hydrogen-bond donors (Lipinski definition) is 1. The van der Waals surface area contributed by atoms with Crippen molar-refractivity contribution in [3.63, 3.8) is 0 Å². The molecule has 19 heavy (non-hydrogen) atoms. The summed E-state index contributed by atoms with van der Waals surface area (Å²) in [5.41, 5.74) is 0.216. The van der Waals surface area contributed by atoms with Crippen molar-refractivity contribution in [2.75, 3.05) is 0 Å². The van der Waals surface area contributed by atoms with Crippen molar-refractivity contribution in [1.82, 2.24) is 19.7 Å². The molecule has 0 radical (unpaired) electrons. The highest BCUT2D eigenvalue weighted by Crippen LogP contribution is 2.40. The van der Waals surface area contributed by atoms with E-state index >= 15 is 0 Å². The third kappa shape index (κ3) is 2.28. The van der Waals surface area contributed by atoms with Gasteiger partial charge in [-0.05, 0) is 18.9 Å². The SMILES string of the molecule is O=c1cc(-c2nnc(S(=O)(=O)Cl)n2C2CC2)cc[nH]1. The predicted octanol–water partition coefficient (Wildman–Crippen LogP) is 0.896. The van der Waals surface area contributed by atoms with Crippen LogP contribution in [-0.4, -0.2) is 28.2 Å². The number of halogens is 1. The Morgan fingerprint density at radius 1 is 1.37 bits per heavy atom. The lowest BCUT2D eigenvalue weighted by atomic mass is 10.2. The van der Waals surface area contributed by atoms with Gasteiger partial charge in [-0.2, -0.15) is 0 Å². The van der Waals surface area contributed by atoms with Gasteiger partial charge >= 0.3 is 0 Å². The van der Waals surface area contributed by atoms with Crippen LogP contribution >= 0.6 is 10.7 Å². The minimum atomic E-state index is -3.96. The lowest BCUT2D eigenvalue weighted by molar-refractivity contribution is 0.579. The molecule has 7 nitrogen and oxygen atoms in total. The molecule has 1 aliphatic rings. The highest BCUT2D eigenvalue weighted by atomic mass is 35.7. The Kier molecular flexibility index (Phi) is 2.72. The summed E-state index contributed by atoms with van der Waals surface area (Å²) >= 11 is 0. The van der Waals surface area contributed by atoms with Gasteiger partial charge in [-0.15, -0.1) is 10.2 Å². The normalized spacial score (nSPS) is 15.6. The van der Waals surface area contributed by atoms with E-state index in [0.29, 0.717) is 11.4 Å². The molecular formula is C10H9ClN4O3S. The molecule has 0 saturated heterocycles. The number of H-pyrrole nitrogens is 1. The highest BCUT2D eigenvalue weighted by Gasteiger charge is 2.34. The number of hydrogen-bond acceptors (Lipinski definition) is 5. The highest BCUT2D eigenvalue weighted by molar-refractivity contribution is 8.13. The molecule has 1 fully saturated rings. The van der Waals surface area contributed by atoms with Crippen molar-refractivity contribution in [3.05, 3.63) is 28.7 Å². The van der Waals surface area contributed by atoms with Crippen LogP contribution in [0.3, 0.4) is 0 Å². The molecule has 0 atom stereocenters. The van der Waals surface area contributed by atoms with Gasteiger partial charge in [0.25, 0.3) is 14.2 Å². The molecular weight excluding hydrogens is 292 g/mol. The molecule has 0 bridgehead atoms. The zero-order valence-corrected chi connectivity index (χ0v) is 11.1. The minimum absolute atomic E-state index is 0.0211. The Morgan fingerprint density at radius 2 is 2.11 bits per heavy atom. The second kappa shape index (κ2) is 4.17. The maximum absolute atomic E-state index is 11.5. The standard InChI is InChI=1S/C10H9ClN4O3S/c11-19(17,18)10-14-13-9(15(10)7-1-2-7)6-3-4-12-8(16)5-6/h3-5,7H,1-2H2,(H,12,16). The van der Waals surface area contributed by atoms with Gasteiger partial charge in [-0.25, -0.2) is 8.42 Å². The van der Waals surface area contributed by atoms with Crippen LogP contribution in [0.5, 0.6) is 0 Å². The van der Waals surface area contributed by atoms with Gasteiger partial charge in [-0.1, -0.05) is 0 Å². The molecule has 2 aromatic heterocycles. The molecule has 0 unspecified atom stereocenters. The number of aromatic amines is 1. The van der Waals surface area contributed by atoms with Crippen LogP contribution in [0.15, 0.2) is 28.3 Å². The van der Waals surface area contributed by atoms with E-state index in [1.807, 2.05) is 0 Å². The predicted molar refractivity (Wildman–Crippen MR) is 67.4 cm³/mol. The summed E-state index contributed by atoms with van der Waals surface area (Å²) in [5.74, 6) is 0.341. The molecule has 1 N–H and O–H groups in total. The summed E-state index contributed by atoms with van der Waals surface area (Å²) in [5, 5.41) is 7.22. The molecule has 3 rings (SSSR count). The number of nitrogens with zero attached hydrogens (tertiary/aromatic N) is 3. The topological polar surface area (TPSA) is 97.7 Å². The zero-order chi connectivity index (χ0) is 13.6. The first kappa shape index (κ1) is 12.4. The van der Waals surface area contributed by atoms with Crippen LogP contribution in [0, 0.1) is 0 Å². The van der Waals surface area contributed by atoms with E-state index in [1.165, 1.54) is 16.8 Å². The van der Waals surface area contributed by atoms with E-state index in [1.54, 1.807) is 6.07 Å². The third-order valence-electron chi connectivity index (χ3n) is 2.83. The van der Waals surface area contributed by atoms with Crippen LogP contribution in [0.25, 0.3) is 11.4 Å². The van der Waals surface area contributed by atoms with Crippen LogP contribution in [-0.2, 0) is 9.05 Å². The fourth-order valence-corrected chi connectivity index (χ4v) is 2.81. The fraction of sp³-hybridized carbons (Fsp3) is 0.300. The Hall–Kier alpha value is -1.67. The van der Waals surface area contributed by atoms with Crippen LogP contribution in [0.4, 0.5) is 0 Å².